The maximum atomic E-state index is 4.11. The Kier molecular flexibility index (Phi) is 1.52. The molecule has 2 heterocycles. The number of aromatic nitrogens is 3. The van der Waals surface area contributed by atoms with Crippen LogP contribution in [0.4, 0.5) is 0 Å². The predicted molar refractivity (Wildman–Crippen MR) is 45.5 cm³/mol. The lowest BCUT2D eigenvalue weighted by Crippen LogP contribution is -1.88. The Morgan fingerprint density at radius 1 is 1.42 bits per heavy atom. The summed E-state index contributed by atoms with van der Waals surface area (Å²) in [6, 6.07) is 0. The molecule has 0 aliphatic carbocycles. The minimum absolute atomic E-state index is 0.767. The van der Waals surface area contributed by atoms with Gasteiger partial charge in [-0.05, 0) is 12.8 Å². The standard InChI is InChI=1S/C9H7N3/c1-2-3-8-7-12-5-4-10-9(12)6-11-8/h4-7H,1H3. The molecular formula is C9H7N3. The summed E-state index contributed by atoms with van der Waals surface area (Å²) >= 11 is 0. The fraction of sp³-hybridized carbons (Fsp3) is 0.111. The van der Waals surface area contributed by atoms with Gasteiger partial charge >= 0.3 is 0 Å². The van der Waals surface area contributed by atoms with E-state index in [9.17, 15) is 0 Å². The van der Waals surface area contributed by atoms with Crippen molar-refractivity contribution in [2.24, 2.45) is 0 Å². The first-order valence-corrected chi connectivity index (χ1v) is 3.61. The van der Waals surface area contributed by atoms with E-state index in [0.717, 1.165) is 11.3 Å². The molecule has 0 saturated heterocycles. The second kappa shape index (κ2) is 2.67. The van der Waals surface area contributed by atoms with Crippen molar-refractivity contribution in [3.8, 4) is 11.8 Å². The topological polar surface area (TPSA) is 30.2 Å². The molecule has 3 heteroatoms. The first-order valence-electron chi connectivity index (χ1n) is 3.61. The van der Waals surface area contributed by atoms with Gasteiger partial charge < -0.3 is 4.40 Å². The van der Waals surface area contributed by atoms with Crippen LogP contribution in [0.25, 0.3) is 5.65 Å². The van der Waals surface area contributed by atoms with Gasteiger partial charge in [-0.3, -0.25) is 0 Å². The summed E-state index contributed by atoms with van der Waals surface area (Å²) in [5.74, 6) is 5.67. The van der Waals surface area contributed by atoms with E-state index in [2.05, 4.69) is 21.8 Å². The van der Waals surface area contributed by atoms with Crippen molar-refractivity contribution in [2.45, 2.75) is 6.92 Å². The summed E-state index contributed by atoms with van der Waals surface area (Å²) in [6.45, 7) is 1.79. The number of fused-ring (bicyclic) bond motifs is 1. The molecule has 0 aliphatic heterocycles. The van der Waals surface area contributed by atoms with Gasteiger partial charge in [0, 0.05) is 18.6 Å². The molecule has 0 aliphatic rings. The molecule has 58 valence electrons. The summed E-state index contributed by atoms with van der Waals surface area (Å²) in [6.07, 6.45) is 7.18. The molecule has 0 unspecified atom stereocenters. The number of hydrogen-bond acceptors (Lipinski definition) is 2. The van der Waals surface area contributed by atoms with Gasteiger partial charge in [0.2, 0.25) is 0 Å². The van der Waals surface area contributed by atoms with E-state index in [-0.39, 0.29) is 0 Å². The van der Waals surface area contributed by atoms with Gasteiger partial charge in [0.25, 0.3) is 0 Å². The summed E-state index contributed by atoms with van der Waals surface area (Å²) in [4.78, 5) is 8.18. The Hall–Kier alpha value is -1.82. The monoisotopic (exact) mass is 157 g/mol. The van der Waals surface area contributed by atoms with E-state index < -0.39 is 0 Å². The maximum absolute atomic E-state index is 4.11. The van der Waals surface area contributed by atoms with Gasteiger partial charge in [-0.25, -0.2) is 9.97 Å². The van der Waals surface area contributed by atoms with Crippen LogP contribution < -0.4 is 0 Å². The van der Waals surface area contributed by atoms with Gasteiger partial charge in [-0.15, -0.1) is 0 Å². The summed E-state index contributed by atoms with van der Waals surface area (Å²) in [7, 11) is 0. The van der Waals surface area contributed by atoms with Crippen LogP contribution >= 0.6 is 0 Å². The molecule has 0 N–H and O–H groups in total. The molecule has 0 atom stereocenters. The highest BCUT2D eigenvalue weighted by Gasteiger charge is 1.93. The maximum Gasteiger partial charge on any atom is 0.155 e. The average molecular weight is 157 g/mol. The molecule has 0 radical (unpaired) electrons. The Bertz CT molecular complexity index is 459. The van der Waals surface area contributed by atoms with Crippen LogP contribution in [0.5, 0.6) is 0 Å². The minimum atomic E-state index is 0.767. The molecule has 0 saturated carbocycles. The van der Waals surface area contributed by atoms with E-state index in [1.165, 1.54) is 0 Å². The molecule has 3 nitrogen and oxygen atoms in total. The molecule has 12 heavy (non-hydrogen) atoms. The summed E-state index contributed by atoms with van der Waals surface area (Å²) in [5, 5.41) is 0. The van der Waals surface area contributed by atoms with E-state index in [1.807, 2.05) is 16.8 Å². The fourth-order valence-corrected chi connectivity index (χ4v) is 1.02. The number of imidazole rings is 1. The minimum Gasteiger partial charge on any atom is -0.303 e. The van der Waals surface area contributed by atoms with Crippen molar-refractivity contribution in [3.05, 3.63) is 30.5 Å². The van der Waals surface area contributed by atoms with Gasteiger partial charge in [-0.2, -0.15) is 0 Å². The third-order valence-electron chi connectivity index (χ3n) is 1.53. The molecule has 0 spiro atoms. The summed E-state index contributed by atoms with van der Waals surface area (Å²) < 4.78 is 1.90. The van der Waals surface area contributed by atoms with Gasteiger partial charge in [0.05, 0.1) is 6.20 Å². The second-order valence-electron chi connectivity index (χ2n) is 2.34. The quantitative estimate of drug-likeness (QED) is 0.536. The Labute approximate surface area is 70.1 Å². The second-order valence-corrected chi connectivity index (χ2v) is 2.34. The zero-order chi connectivity index (χ0) is 8.39. The molecule has 2 rings (SSSR count). The van der Waals surface area contributed by atoms with Crippen molar-refractivity contribution in [1.82, 2.24) is 14.4 Å². The average Bonchev–Trinajstić information content (AvgIpc) is 2.51. The largest absolute Gasteiger partial charge is 0.303 e. The van der Waals surface area contributed by atoms with E-state index in [4.69, 9.17) is 0 Å². The predicted octanol–water partition coefficient (Wildman–Crippen LogP) is 1.10. The van der Waals surface area contributed by atoms with Crippen LogP contribution in [0.3, 0.4) is 0 Å². The third-order valence-corrected chi connectivity index (χ3v) is 1.53. The number of rotatable bonds is 0. The Morgan fingerprint density at radius 2 is 2.33 bits per heavy atom. The molecule has 0 fully saturated rings. The van der Waals surface area contributed by atoms with Crippen molar-refractivity contribution in [1.29, 1.82) is 0 Å². The molecule has 0 aromatic carbocycles. The summed E-state index contributed by atoms with van der Waals surface area (Å²) in [5.41, 5.74) is 1.61. The highest BCUT2D eigenvalue weighted by atomic mass is 15.0. The van der Waals surface area contributed by atoms with Crippen molar-refractivity contribution >= 4 is 5.65 Å². The van der Waals surface area contributed by atoms with E-state index >= 15 is 0 Å². The highest BCUT2D eigenvalue weighted by Crippen LogP contribution is 1.98. The van der Waals surface area contributed by atoms with Crippen LogP contribution in [0.1, 0.15) is 12.6 Å². The van der Waals surface area contributed by atoms with Gasteiger partial charge in [-0.1, -0.05) is 5.92 Å². The fourth-order valence-electron chi connectivity index (χ4n) is 1.02. The molecule has 2 aromatic rings. The first-order chi connectivity index (χ1) is 5.90. The Morgan fingerprint density at radius 3 is 3.17 bits per heavy atom. The van der Waals surface area contributed by atoms with Crippen LogP contribution in [-0.2, 0) is 0 Å². The van der Waals surface area contributed by atoms with Crippen molar-refractivity contribution < 1.29 is 0 Å². The van der Waals surface area contributed by atoms with Crippen LogP contribution in [0.15, 0.2) is 24.8 Å². The SMILES string of the molecule is CC#Cc1cn2ccnc2cn1. The zero-order valence-corrected chi connectivity index (χ0v) is 6.65. The zero-order valence-electron chi connectivity index (χ0n) is 6.65. The van der Waals surface area contributed by atoms with Crippen LogP contribution in [0.2, 0.25) is 0 Å². The molecule has 0 bridgehead atoms. The van der Waals surface area contributed by atoms with Gasteiger partial charge in [0.1, 0.15) is 5.69 Å². The molecular weight excluding hydrogens is 150 g/mol. The lowest BCUT2D eigenvalue weighted by molar-refractivity contribution is 1.11. The number of nitrogens with zero attached hydrogens (tertiary/aromatic N) is 3. The third kappa shape index (κ3) is 1.04. The molecule has 2 aromatic heterocycles. The molecule has 0 amide bonds. The first kappa shape index (κ1) is 6.86. The van der Waals surface area contributed by atoms with Crippen molar-refractivity contribution in [3.63, 3.8) is 0 Å². The lowest BCUT2D eigenvalue weighted by atomic mass is 10.4. The smallest absolute Gasteiger partial charge is 0.155 e. The van der Waals surface area contributed by atoms with Gasteiger partial charge in [0.15, 0.2) is 5.65 Å². The van der Waals surface area contributed by atoms with E-state index in [1.54, 1.807) is 19.3 Å². The Balaban J connectivity index is 2.65. The van der Waals surface area contributed by atoms with Crippen LogP contribution in [-0.4, -0.2) is 14.4 Å². The van der Waals surface area contributed by atoms with E-state index in [0.29, 0.717) is 0 Å². The van der Waals surface area contributed by atoms with Crippen molar-refractivity contribution in [2.75, 3.05) is 0 Å². The highest BCUT2D eigenvalue weighted by molar-refractivity contribution is 5.38. The van der Waals surface area contributed by atoms with Crippen LogP contribution in [0, 0.1) is 11.8 Å². The lowest BCUT2D eigenvalue weighted by Gasteiger charge is -1.92. The number of hydrogen-bond donors (Lipinski definition) is 0. The normalized spacial score (nSPS) is 9.42.